The van der Waals surface area contributed by atoms with E-state index in [9.17, 15) is 0 Å². The average Bonchev–Trinajstić information content (AvgIpc) is 1.89. The maximum absolute atomic E-state index is 6.05. The Morgan fingerprint density at radius 1 is 1.40 bits per heavy atom. The van der Waals surface area contributed by atoms with Crippen LogP contribution in [0.4, 0.5) is 0 Å². The van der Waals surface area contributed by atoms with E-state index in [2.05, 4.69) is 27.7 Å². The molecule has 2 N–H and O–H groups in total. The summed E-state index contributed by atoms with van der Waals surface area (Å²) in [6.45, 7) is 8.76. The van der Waals surface area contributed by atoms with Crippen LogP contribution in [-0.4, -0.2) is 5.54 Å². The van der Waals surface area contributed by atoms with Crippen molar-refractivity contribution in [1.29, 1.82) is 0 Å². The minimum atomic E-state index is 0.0516. The van der Waals surface area contributed by atoms with Crippen LogP contribution in [0.25, 0.3) is 0 Å². The van der Waals surface area contributed by atoms with Crippen LogP contribution < -0.4 is 5.73 Å². The van der Waals surface area contributed by atoms with Gasteiger partial charge in [0.15, 0.2) is 0 Å². The Hall–Kier alpha value is -0.0400. The highest BCUT2D eigenvalue weighted by Gasteiger charge is 2.22. The lowest BCUT2D eigenvalue weighted by Gasteiger charge is -2.30. The molecule has 0 bridgehead atoms. The molecule has 0 heterocycles. The Labute approximate surface area is 65.0 Å². The van der Waals surface area contributed by atoms with Crippen molar-refractivity contribution in [2.75, 3.05) is 0 Å². The minimum Gasteiger partial charge on any atom is -0.325 e. The molecule has 0 radical (unpaired) electrons. The molecule has 0 aliphatic heterocycles. The summed E-state index contributed by atoms with van der Waals surface area (Å²) in [6, 6.07) is 0. The van der Waals surface area contributed by atoms with E-state index in [0.717, 1.165) is 6.42 Å². The van der Waals surface area contributed by atoms with Gasteiger partial charge in [0.05, 0.1) is 0 Å². The van der Waals surface area contributed by atoms with Crippen molar-refractivity contribution in [1.82, 2.24) is 0 Å². The van der Waals surface area contributed by atoms with Gasteiger partial charge in [-0.25, -0.2) is 0 Å². The molecule has 10 heavy (non-hydrogen) atoms. The molecular formula is C9H21N. The van der Waals surface area contributed by atoms with Gasteiger partial charge in [-0.3, -0.25) is 0 Å². The second kappa shape index (κ2) is 3.97. The summed E-state index contributed by atoms with van der Waals surface area (Å²) < 4.78 is 0. The molecular weight excluding hydrogens is 122 g/mol. The average molecular weight is 143 g/mol. The van der Waals surface area contributed by atoms with Crippen LogP contribution >= 0.6 is 0 Å². The fraction of sp³-hybridized carbons (Fsp3) is 1.00. The lowest BCUT2D eigenvalue weighted by molar-refractivity contribution is 0.289. The zero-order valence-corrected chi connectivity index (χ0v) is 7.78. The third kappa shape index (κ3) is 2.70. The van der Waals surface area contributed by atoms with Crippen molar-refractivity contribution in [3.8, 4) is 0 Å². The lowest BCUT2D eigenvalue weighted by atomic mass is 9.83. The van der Waals surface area contributed by atoms with E-state index in [1.54, 1.807) is 0 Å². The minimum absolute atomic E-state index is 0.0516. The highest BCUT2D eigenvalue weighted by atomic mass is 14.7. The monoisotopic (exact) mass is 143 g/mol. The number of hydrogen-bond acceptors (Lipinski definition) is 1. The molecule has 2 unspecified atom stereocenters. The lowest BCUT2D eigenvalue weighted by Crippen LogP contribution is -2.42. The summed E-state index contributed by atoms with van der Waals surface area (Å²) in [4.78, 5) is 0. The third-order valence-electron chi connectivity index (χ3n) is 2.61. The highest BCUT2D eigenvalue weighted by molar-refractivity contribution is 4.82. The molecule has 0 aliphatic rings. The van der Waals surface area contributed by atoms with E-state index in [1.165, 1.54) is 12.8 Å². The maximum Gasteiger partial charge on any atom is 0.0149 e. The quantitative estimate of drug-likeness (QED) is 0.643. The van der Waals surface area contributed by atoms with Crippen LogP contribution in [0, 0.1) is 5.92 Å². The molecule has 0 aliphatic carbocycles. The Balaban J connectivity index is 3.78. The fourth-order valence-corrected chi connectivity index (χ4v) is 1.11. The van der Waals surface area contributed by atoms with Gasteiger partial charge in [-0.2, -0.15) is 0 Å². The molecule has 2 atom stereocenters. The SMILES string of the molecule is CCCC(C)C(C)(N)CC. The van der Waals surface area contributed by atoms with Gasteiger partial charge >= 0.3 is 0 Å². The Bertz CT molecular complexity index is 86.7. The third-order valence-corrected chi connectivity index (χ3v) is 2.61. The topological polar surface area (TPSA) is 26.0 Å². The van der Waals surface area contributed by atoms with Crippen LogP contribution in [0.1, 0.15) is 47.0 Å². The van der Waals surface area contributed by atoms with Crippen molar-refractivity contribution in [2.45, 2.75) is 52.5 Å². The largest absolute Gasteiger partial charge is 0.325 e. The summed E-state index contributed by atoms with van der Waals surface area (Å²) >= 11 is 0. The van der Waals surface area contributed by atoms with E-state index >= 15 is 0 Å². The van der Waals surface area contributed by atoms with Gasteiger partial charge in [0, 0.05) is 5.54 Å². The highest BCUT2D eigenvalue weighted by Crippen LogP contribution is 2.21. The molecule has 1 heteroatoms. The summed E-state index contributed by atoms with van der Waals surface area (Å²) in [5.41, 5.74) is 6.10. The van der Waals surface area contributed by atoms with Crippen LogP contribution in [0.15, 0.2) is 0 Å². The molecule has 0 spiro atoms. The van der Waals surface area contributed by atoms with E-state index < -0.39 is 0 Å². The number of nitrogens with two attached hydrogens (primary N) is 1. The zero-order valence-electron chi connectivity index (χ0n) is 7.78. The fourth-order valence-electron chi connectivity index (χ4n) is 1.11. The Kier molecular flexibility index (Phi) is 3.95. The molecule has 0 saturated heterocycles. The van der Waals surface area contributed by atoms with Crippen LogP contribution in [0.3, 0.4) is 0 Å². The van der Waals surface area contributed by atoms with Crippen LogP contribution in [0.5, 0.6) is 0 Å². The maximum atomic E-state index is 6.05. The first-order valence-electron chi connectivity index (χ1n) is 4.33. The summed E-state index contributed by atoms with van der Waals surface area (Å²) in [5.74, 6) is 0.655. The second-order valence-electron chi connectivity index (χ2n) is 3.55. The molecule has 0 saturated carbocycles. The normalized spacial score (nSPS) is 20.1. The molecule has 0 amide bonds. The van der Waals surface area contributed by atoms with Gasteiger partial charge in [-0.1, -0.05) is 27.2 Å². The smallest absolute Gasteiger partial charge is 0.0149 e. The molecule has 62 valence electrons. The van der Waals surface area contributed by atoms with Gasteiger partial charge in [-0.05, 0) is 25.7 Å². The zero-order chi connectivity index (χ0) is 8.20. The summed E-state index contributed by atoms with van der Waals surface area (Å²) in [5, 5.41) is 0. The van der Waals surface area contributed by atoms with Crippen molar-refractivity contribution < 1.29 is 0 Å². The molecule has 0 aromatic carbocycles. The van der Waals surface area contributed by atoms with Gasteiger partial charge in [0.1, 0.15) is 0 Å². The van der Waals surface area contributed by atoms with E-state index in [4.69, 9.17) is 5.73 Å². The predicted octanol–water partition coefficient (Wildman–Crippen LogP) is 2.55. The van der Waals surface area contributed by atoms with Crippen molar-refractivity contribution >= 4 is 0 Å². The molecule has 1 nitrogen and oxygen atoms in total. The van der Waals surface area contributed by atoms with Crippen molar-refractivity contribution in [3.05, 3.63) is 0 Å². The first-order chi connectivity index (χ1) is 4.54. The Morgan fingerprint density at radius 3 is 2.20 bits per heavy atom. The van der Waals surface area contributed by atoms with Gasteiger partial charge < -0.3 is 5.73 Å². The van der Waals surface area contributed by atoms with Crippen LogP contribution in [-0.2, 0) is 0 Å². The molecule has 0 aromatic rings. The summed E-state index contributed by atoms with van der Waals surface area (Å²) in [6.07, 6.45) is 3.57. The van der Waals surface area contributed by atoms with E-state index in [0.29, 0.717) is 5.92 Å². The first kappa shape index (κ1) is 9.96. The standard InChI is InChI=1S/C9H21N/c1-5-7-8(3)9(4,10)6-2/h8H,5-7,10H2,1-4H3. The van der Waals surface area contributed by atoms with Gasteiger partial charge in [0.2, 0.25) is 0 Å². The van der Waals surface area contributed by atoms with E-state index in [1.807, 2.05) is 0 Å². The second-order valence-corrected chi connectivity index (χ2v) is 3.55. The Morgan fingerprint density at radius 2 is 1.90 bits per heavy atom. The van der Waals surface area contributed by atoms with Gasteiger partial charge in [0.25, 0.3) is 0 Å². The van der Waals surface area contributed by atoms with Crippen molar-refractivity contribution in [2.24, 2.45) is 11.7 Å². The van der Waals surface area contributed by atoms with Gasteiger partial charge in [-0.15, -0.1) is 0 Å². The number of hydrogen-bond donors (Lipinski definition) is 1. The first-order valence-corrected chi connectivity index (χ1v) is 4.33. The van der Waals surface area contributed by atoms with Crippen molar-refractivity contribution in [3.63, 3.8) is 0 Å². The number of rotatable bonds is 4. The molecule has 0 aromatic heterocycles. The predicted molar refractivity (Wildman–Crippen MR) is 47.0 cm³/mol. The molecule has 0 rings (SSSR count). The van der Waals surface area contributed by atoms with E-state index in [-0.39, 0.29) is 5.54 Å². The molecule has 0 fully saturated rings. The van der Waals surface area contributed by atoms with Crippen LogP contribution in [0.2, 0.25) is 0 Å². The summed E-state index contributed by atoms with van der Waals surface area (Å²) in [7, 11) is 0.